The van der Waals surface area contributed by atoms with Crippen LogP contribution in [0.3, 0.4) is 0 Å². The Morgan fingerprint density at radius 3 is 2.48 bits per heavy atom. The second kappa shape index (κ2) is 7.74. The first kappa shape index (κ1) is 17.5. The number of anilines is 1. The number of urea groups is 1. The number of benzene rings is 1. The van der Waals surface area contributed by atoms with E-state index in [0.717, 1.165) is 44.2 Å². The third kappa shape index (κ3) is 4.04. The Morgan fingerprint density at radius 2 is 1.88 bits per heavy atom. The molecule has 0 radical (unpaired) electrons. The molecular formula is C18H26N4O3. The maximum atomic E-state index is 12.4. The van der Waals surface area contributed by atoms with Gasteiger partial charge in [-0.1, -0.05) is 6.92 Å². The third-order valence-corrected chi connectivity index (χ3v) is 4.94. The summed E-state index contributed by atoms with van der Waals surface area (Å²) in [5.41, 5.74) is 0.833. The average molecular weight is 346 g/mol. The largest absolute Gasteiger partial charge is 0.497 e. The van der Waals surface area contributed by atoms with E-state index >= 15 is 0 Å². The molecule has 1 unspecified atom stereocenters. The Kier molecular flexibility index (Phi) is 5.43. The van der Waals surface area contributed by atoms with Crippen LogP contribution in [-0.2, 0) is 4.79 Å². The van der Waals surface area contributed by atoms with E-state index in [1.54, 1.807) is 12.0 Å². The molecule has 1 aromatic carbocycles. The predicted molar refractivity (Wildman–Crippen MR) is 96.0 cm³/mol. The number of hydrogen-bond donors (Lipinski definition) is 1. The molecule has 136 valence electrons. The molecule has 2 heterocycles. The van der Waals surface area contributed by atoms with Crippen molar-refractivity contribution in [2.75, 3.05) is 51.3 Å². The molecule has 0 aliphatic carbocycles. The molecule has 0 spiro atoms. The number of nitrogens with one attached hydrogen (secondary N) is 1. The van der Waals surface area contributed by atoms with Crippen molar-refractivity contribution < 1.29 is 14.3 Å². The van der Waals surface area contributed by atoms with Gasteiger partial charge in [-0.25, -0.2) is 4.79 Å². The Morgan fingerprint density at radius 1 is 1.20 bits per heavy atom. The van der Waals surface area contributed by atoms with Gasteiger partial charge in [0, 0.05) is 44.8 Å². The molecule has 0 bridgehead atoms. The second-order valence-electron chi connectivity index (χ2n) is 6.47. The predicted octanol–water partition coefficient (Wildman–Crippen LogP) is 1.15. The lowest BCUT2D eigenvalue weighted by atomic mass is 10.2. The summed E-state index contributed by atoms with van der Waals surface area (Å²) >= 11 is 0. The SMILES string of the molecule is CCN1CCN(C(=O)NC2CC(=O)N(c3ccc(OC)cc3)C2)CC1. The average Bonchev–Trinajstić information content (AvgIpc) is 3.02. The van der Waals surface area contributed by atoms with Crippen LogP contribution in [0.5, 0.6) is 5.75 Å². The monoisotopic (exact) mass is 346 g/mol. The topological polar surface area (TPSA) is 65.1 Å². The van der Waals surface area contributed by atoms with Gasteiger partial charge < -0.3 is 24.8 Å². The molecule has 2 aliphatic heterocycles. The van der Waals surface area contributed by atoms with Gasteiger partial charge in [-0.05, 0) is 30.8 Å². The first-order valence-electron chi connectivity index (χ1n) is 8.83. The molecule has 1 N–H and O–H groups in total. The maximum Gasteiger partial charge on any atom is 0.317 e. The van der Waals surface area contributed by atoms with Crippen molar-refractivity contribution in [3.8, 4) is 5.75 Å². The van der Waals surface area contributed by atoms with Crippen LogP contribution in [0.15, 0.2) is 24.3 Å². The first-order valence-corrected chi connectivity index (χ1v) is 8.83. The van der Waals surface area contributed by atoms with Gasteiger partial charge in [-0.15, -0.1) is 0 Å². The first-order chi connectivity index (χ1) is 12.1. The van der Waals surface area contributed by atoms with Gasteiger partial charge in [0.05, 0.1) is 13.2 Å². The molecule has 3 rings (SSSR count). The molecule has 0 saturated carbocycles. The minimum Gasteiger partial charge on any atom is -0.497 e. The lowest BCUT2D eigenvalue weighted by Crippen LogP contribution is -2.53. The fourth-order valence-electron chi connectivity index (χ4n) is 3.35. The van der Waals surface area contributed by atoms with Crippen molar-refractivity contribution in [3.63, 3.8) is 0 Å². The Balaban J connectivity index is 1.54. The normalized spacial score (nSPS) is 21.5. The number of hydrogen-bond acceptors (Lipinski definition) is 4. The van der Waals surface area contributed by atoms with Gasteiger partial charge in [-0.3, -0.25) is 4.79 Å². The van der Waals surface area contributed by atoms with E-state index in [2.05, 4.69) is 17.1 Å². The molecular weight excluding hydrogens is 320 g/mol. The van der Waals surface area contributed by atoms with E-state index < -0.39 is 0 Å². The van der Waals surface area contributed by atoms with Crippen LogP contribution >= 0.6 is 0 Å². The number of carbonyl (C=O) groups excluding carboxylic acids is 2. The zero-order valence-corrected chi connectivity index (χ0v) is 14.9. The summed E-state index contributed by atoms with van der Waals surface area (Å²) in [6, 6.07) is 7.19. The Labute approximate surface area is 148 Å². The number of nitrogens with zero attached hydrogens (tertiary/aromatic N) is 3. The smallest absolute Gasteiger partial charge is 0.317 e. The van der Waals surface area contributed by atoms with Crippen LogP contribution < -0.4 is 15.0 Å². The number of methoxy groups -OCH3 is 1. The van der Waals surface area contributed by atoms with E-state index in [1.807, 2.05) is 29.2 Å². The van der Waals surface area contributed by atoms with Crippen molar-refractivity contribution in [3.05, 3.63) is 24.3 Å². The number of rotatable bonds is 4. The maximum absolute atomic E-state index is 12.4. The van der Waals surface area contributed by atoms with Crippen LogP contribution in [0.4, 0.5) is 10.5 Å². The fourth-order valence-corrected chi connectivity index (χ4v) is 3.35. The highest BCUT2D eigenvalue weighted by Crippen LogP contribution is 2.24. The molecule has 3 amide bonds. The molecule has 2 aliphatic rings. The minimum absolute atomic E-state index is 0.0336. The summed E-state index contributed by atoms with van der Waals surface area (Å²) in [5, 5.41) is 3.02. The minimum atomic E-state index is -0.147. The number of piperazine rings is 1. The fraction of sp³-hybridized carbons (Fsp3) is 0.556. The van der Waals surface area contributed by atoms with Crippen LogP contribution in [0.2, 0.25) is 0 Å². The second-order valence-corrected chi connectivity index (χ2v) is 6.47. The summed E-state index contributed by atoms with van der Waals surface area (Å²) in [7, 11) is 1.61. The molecule has 1 aromatic rings. The summed E-state index contributed by atoms with van der Waals surface area (Å²) in [5.74, 6) is 0.790. The molecule has 1 atom stereocenters. The third-order valence-electron chi connectivity index (χ3n) is 4.94. The highest BCUT2D eigenvalue weighted by atomic mass is 16.5. The zero-order valence-electron chi connectivity index (χ0n) is 14.9. The van der Waals surface area contributed by atoms with Gasteiger partial charge in [-0.2, -0.15) is 0 Å². The van der Waals surface area contributed by atoms with Crippen LogP contribution in [0.1, 0.15) is 13.3 Å². The van der Waals surface area contributed by atoms with E-state index in [0.29, 0.717) is 13.0 Å². The van der Waals surface area contributed by atoms with Gasteiger partial charge in [0.1, 0.15) is 5.75 Å². The van der Waals surface area contributed by atoms with E-state index in [1.165, 1.54) is 0 Å². The molecule has 7 nitrogen and oxygen atoms in total. The van der Waals surface area contributed by atoms with Crippen molar-refractivity contribution >= 4 is 17.6 Å². The summed E-state index contributed by atoms with van der Waals surface area (Å²) in [6.45, 7) is 6.95. The van der Waals surface area contributed by atoms with E-state index in [9.17, 15) is 9.59 Å². The molecule has 25 heavy (non-hydrogen) atoms. The van der Waals surface area contributed by atoms with Gasteiger partial charge >= 0.3 is 6.03 Å². The van der Waals surface area contributed by atoms with Crippen LogP contribution in [0.25, 0.3) is 0 Å². The van der Waals surface area contributed by atoms with Crippen molar-refractivity contribution in [2.24, 2.45) is 0 Å². The Bertz CT molecular complexity index is 611. The molecule has 0 aromatic heterocycles. The standard InChI is InChI=1S/C18H26N4O3/c1-3-20-8-10-21(11-9-20)18(24)19-14-12-17(23)22(13-14)15-4-6-16(25-2)7-5-15/h4-7,14H,3,8-13H2,1-2H3,(H,19,24). The van der Waals surface area contributed by atoms with E-state index in [4.69, 9.17) is 4.74 Å². The molecule has 2 saturated heterocycles. The van der Waals surface area contributed by atoms with E-state index in [-0.39, 0.29) is 18.0 Å². The summed E-state index contributed by atoms with van der Waals surface area (Å²) < 4.78 is 5.15. The van der Waals surface area contributed by atoms with Gasteiger partial charge in [0.2, 0.25) is 5.91 Å². The highest BCUT2D eigenvalue weighted by molar-refractivity contribution is 5.96. The van der Waals surface area contributed by atoms with Crippen molar-refractivity contribution in [1.29, 1.82) is 0 Å². The number of carbonyl (C=O) groups is 2. The number of likely N-dealkylation sites (N-methyl/N-ethyl adjacent to an activating group) is 1. The number of amides is 3. The molecule has 2 fully saturated rings. The Hall–Kier alpha value is -2.28. The highest BCUT2D eigenvalue weighted by Gasteiger charge is 2.33. The van der Waals surface area contributed by atoms with Crippen molar-refractivity contribution in [1.82, 2.24) is 15.1 Å². The quantitative estimate of drug-likeness (QED) is 0.888. The van der Waals surface area contributed by atoms with Crippen LogP contribution in [-0.4, -0.2) is 74.2 Å². The number of ether oxygens (including phenoxy) is 1. The summed E-state index contributed by atoms with van der Waals surface area (Å²) in [6.07, 6.45) is 0.340. The van der Waals surface area contributed by atoms with Gasteiger partial charge in [0.25, 0.3) is 0 Å². The van der Waals surface area contributed by atoms with Crippen LogP contribution in [0, 0.1) is 0 Å². The van der Waals surface area contributed by atoms with Crippen molar-refractivity contribution in [2.45, 2.75) is 19.4 Å². The summed E-state index contributed by atoms with van der Waals surface area (Å²) in [4.78, 5) is 30.6. The lowest BCUT2D eigenvalue weighted by Gasteiger charge is -2.34. The van der Waals surface area contributed by atoms with Gasteiger partial charge in [0.15, 0.2) is 0 Å². The molecule has 7 heteroatoms. The lowest BCUT2D eigenvalue weighted by molar-refractivity contribution is -0.117. The zero-order chi connectivity index (χ0) is 17.8.